The van der Waals surface area contributed by atoms with Gasteiger partial charge in [-0.2, -0.15) is 0 Å². The van der Waals surface area contributed by atoms with Gasteiger partial charge in [-0.3, -0.25) is 14.5 Å². The van der Waals surface area contributed by atoms with E-state index in [0.29, 0.717) is 22.3 Å². The van der Waals surface area contributed by atoms with Gasteiger partial charge >= 0.3 is 0 Å². The number of nitrogens with zero attached hydrogens (tertiary/aromatic N) is 1. The fraction of sp³-hybridized carbons (Fsp3) is 0.120. The number of hydrogen-bond acceptors (Lipinski definition) is 5. The molecule has 3 aromatic carbocycles. The number of rotatable bonds is 8. The lowest BCUT2D eigenvalue weighted by Crippen LogP contribution is -2.32. The molecule has 4 rings (SSSR count). The maximum absolute atomic E-state index is 12.7. The van der Waals surface area contributed by atoms with Crippen molar-refractivity contribution in [1.29, 1.82) is 0 Å². The van der Waals surface area contributed by atoms with Gasteiger partial charge in [0.1, 0.15) is 24.7 Å². The van der Waals surface area contributed by atoms with E-state index in [9.17, 15) is 9.59 Å². The van der Waals surface area contributed by atoms with Crippen molar-refractivity contribution in [3.05, 3.63) is 98.3 Å². The Morgan fingerprint density at radius 2 is 1.67 bits per heavy atom. The fourth-order valence-electron chi connectivity index (χ4n) is 3.06. The molecule has 8 heteroatoms. The van der Waals surface area contributed by atoms with Crippen LogP contribution in [0.1, 0.15) is 11.1 Å². The van der Waals surface area contributed by atoms with Crippen LogP contribution < -0.4 is 9.47 Å². The Balaban J connectivity index is 1.32. The second-order valence-electron chi connectivity index (χ2n) is 7.10. The summed E-state index contributed by atoms with van der Waals surface area (Å²) in [4.78, 5) is 26.6. The summed E-state index contributed by atoms with van der Waals surface area (Å²) >= 11 is 10.4. The van der Waals surface area contributed by atoms with E-state index < -0.39 is 0 Å². The minimum Gasteiger partial charge on any atom is -0.490 e. The van der Waals surface area contributed by atoms with E-state index in [1.165, 1.54) is 4.90 Å². The molecule has 0 saturated carbocycles. The van der Waals surface area contributed by atoms with Crippen molar-refractivity contribution in [2.45, 2.75) is 6.61 Å². The highest BCUT2D eigenvalue weighted by Gasteiger charge is 2.34. The van der Waals surface area contributed by atoms with Crippen molar-refractivity contribution in [3.8, 4) is 11.5 Å². The van der Waals surface area contributed by atoms with Crippen molar-refractivity contribution in [2.75, 3.05) is 13.2 Å². The summed E-state index contributed by atoms with van der Waals surface area (Å²) in [5.41, 5.74) is 1.87. The molecule has 33 heavy (non-hydrogen) atoms. The Morgan fingerprint density at radius 3 is 2.39 bits per heavy atom. The molecule has 0 radical (unpaired) electrons. The maximum Gasteiger partial charge on any atom is 0.293 e. The molecule has 1 saturated heterocycles. The van der Waals surface area contributed by atoms with Gasteiger partial charge in [0.25, 0.3) is 11.1 Å². The summed E-state index contributed by atoms with van der Waals surface area (Å²) in [7, 11) is 0. The predicted molar refractivity (Wildman–Crippen MR) is 135 cm³/mol. The van der Waals surface area contributed by atoms with Crippen molar-refractivity contribution < 1.29 is 19.1 Å². The predicted octanol–water partition coefficient (Wildman–Crippen LogP) is 6.80. The van der Waals surface area contributed by atoms with Crippen LogP contribution in [-0.2, 0) is 11.4 Å². The zero-order chi connectivity index (χ0) is 23.2. The molecule has 1 fully saturated rings. The number of carbonyl (C=O) groups excluding carboxylic acids is 2. The highest BCUT2D eigenvalue weighted by molar-refractivity contribution is 9.10. The third kappa shape index (κ3) is 6.19. The number of halogens is 2. The van der Waals surface area contributed by atoms with E-state index in [4.69, 9.17) is 21.1 Å². The molecule has 168 valence electrons. The molecule has 0 aliphatic carbocycles. The Hall–Kier alpha value is -2.74. The van der Waals surface area contributed by atoms with Gasteiger partial charge in [-0.05, 0) is 65.4 Å². The molecule has 0 N–H and O–H groups in total. The van der Waals surface area contributed by atoms with Crippen molar-refractivity contribution in [1.82, 2.24) is 4.90 Å². The van der Waals surface area contributed by atoms with E-state index in [-0.39, 0.29) is 24.3 Å². The number of hydrogen-bond donors (Lipinski definition) is 0. The SMILES string of the molecule is O=C1S/C(=C\c2ccc(OCc3ccc(Br)cc3)cc2)C(=O)N1CCOc1ccccc1Cl. The van der Waals surface area contributed by atoms with Gasteiger partial charge in [0.05, 0.1) is 16.5 Å². The van der Waals surface area contributed by atoms with Crippen LogP contribution in [0.5, 0.6) is 11.5 Å². The van der Waals surface area contributed by atoms with Crippen molar-refractivity contribution in [3.63, 3.8) is 0 Å². The molecule has 5 nitrogen and oxygen atoms in total. The van der Waals surface area contributed by atoms with E-state index in [0.717, 1.165) is 33.1 Å². The average Bonchev–Trinajstić information content (AvgIpc) is 3.08. The highest BCUT2D eigenvalue weighted by atomic mass is 79.9. The lowest BCUT2D eigenvalue weighted by molar-refractivity contribution is -0.123. The standard InChI is InChI=1S/C25H19BrClNO4S/c26-19-9-5-18(6-10-19)16-32-20-11-7-17(8-12-20)15-23-24(29)28(25(30)33-23)13-14-31-22-4-2-1-3-21(22)27/h1-12,15H,13-14,16H2/b23-15-. The van der Waals surface area contributed by atoms with Gasteiger partial charge in [0.2, 0.25) is 0 Å². The van der Waals surface area contributed by atoms with Crippen LogP contribution in [0.15, 0.2) is 82.2 Å². The van der Waals surface area contributed by atoms with E-state index >= 15 is 0 Å². The second-order valence-corrected chi connectivity index (χ2v) is 9.41. The monoisotopic (exact) mass is 543 g/mol. The van der Waals surface area contributed by atoms with Gasteiger partial charge in [-0.15, -0.1) is 0 Å². The first kappa shape index (κ1) is 23.4. The quantitative estimate of drug-likeness (QED) is 0.292. The van der Waals surface area contributed by atoms with Crippen molar-refractivity contribution in [2.24, 2.45) is 0 Å². The van der Waals surface area contributed by atoms with E-state index in [2.05, 4.69) is 15.9 Å². The lowest BCUT2D eigenvalue weighted by Gasteiger charge is -2.13. The summed E-state index contributed by atoms with van der Waals surface area (Å²) in [5.74, 6) is 0.910. The third-order valence-corrected chi connectivity index (χ3v) is 6.53. The minimum absolute atomic E-state index is 0.149. The number of carbonyl (C=O) groups is 2. The fourth-order valence-corrected chi connectivity index (χ4v) is 4.38. The molecule has 1 aliphatic rings. The van der Waals surface area contributed by atoms with E-state index in [1.54, 1.807) is 30.3 Å². The molecule has 0 spiro atoms. The van der Waals surface area contributed by atoms with Gasteiger partial charge in [0.15, 0.2) is 0 Å². The van der Waals surface area contributed by atoms with Crippen LogP contribution in [0.4, 0.5) is 4.79 Å². The summed E-state index contributed by atoms with van der Waals surface area (Å²) < 4.78 is 12.4. The molecule has 0 bridgehead atoms. The van der Waals surface area contributed by atoms with Crippen LogP contribution >= 0.6 is 39.3 Å². The van der Waals surface area contributed by atoms with Crippen LogP contribution in [0.2, 0.25) is 5.02 Å². The third-order valence-electron chi connectivity index (χ3n) is 4.78. The van der Waals surface area contributed by atoms with Crippen LogP contribution in [0, 0.1) is 0 Å². The van der Waals surface area contributed by atoms with Gasteiger partial charge in [-0.25, -0.2) is 0 Å². The van der Waals surface area contributed by atoms with E-state index in [1.807, 2.05) is 48.5 Å². The first-order valence-electron chi connectivity index (χ1n) is 10.1. The molecule has 2 amide bonds. The summed E-state index contributed by atoms with van der Waals surface area (Å²) in [6.07, 6.45) is 1.71. The topological polar surface area (TPSA) is 55.8 Å². The van der Waals surface area contributed by atoms with Crippen LogP contribution in [0.3, 0.4) is 0 Å². The van der Waals surface area contributed by atoms with Gasteiger partial charge < -0.3 is 9.47 Å². The second kappa shape index (κ2) is 10.9. The summed E-state index contributed by atoms with van der Waals surface area (Å²) in [6, 6.07) is 22.4. The normalized spacial score (nSPS) is 14.7. The zero-order valence-electron chi connectivity index (χ0n) is 17.4. The average molecular weight is 545 g/mol. The van der Waals surface area contributed by atoms with Crippen molar-refractivity contribution >= 4 is 56.5 Å². The Kier molecular flexibility index (Phi) is 7.75. The first-order chi connectivity index (χ1) is 16.0. The van der Waals surface area contributed by atoms with Gasteiger partial charge in [-0.1, -0.05) is 63.9 Å². The molecule has 0 unspecified atom stereocenters. The summed E-state index contributed by atoms with van der Waals surface area (Å²) in [6.45, 7) is 0.775. The zero-order valence-corrected chi connectivity index (χ0v) is 20.5. The Bertz CT molecular complexity index is 1180. The Labute approximate surface area is 209 Å². The molecular weight excluding hydrogens is 526 g/mol. The smallest absolute Gasteiger partial charge is 0.293 e. The Morgan fingerprint density at radius 1 is 0.939 bits per heavy atom. The number of ether oxygens (including phenoxy) is 2. The molecule has 0 aromatic heterocycles. The number of thioether (sulfide) groups is 1. The van der Waals surface area contributed by atoms with Crippen LogP contribution in [0.25, 0.3) is 6.08 Å². The highest BCUT2D eigenvalue weighted by Crippen LogP contribution is 2.32. The minimum atomic E-state index is -0.330. The molecule has 3 aromatic rings. The summed E-state index contributed by atoms with van der Waals surface area (Å²) in [5, 5.41) is 0.166. The number of para-hydroxylation sites is 1. The molecule has 1 aliphatic heterocycles. The molecule has 0 atom stereocenters. The number of amides is 2. The largest absolute Gasteiger partial charge is 0.490 e. The lowest BCUT2D eigenvalue weighted by atomic mass is 10.2. The van der Waals surface area contributed by atoms with Crippen LogP contribution in [-0.4, -0.2) is 29.2 Å². The number of imide groups is 1. The number of benzene rings is 3. The first-order valence-corrected chi connectivity index (χ1v) is 12.1. The van der Waals surface area contributed by atoms with Gasteiger partial charge in [0, 0.05) is 4.47 Å². The molecule has 1 heterocycles. The maximum atomic E-state index is 12.7. The molecular formula is C25H19BrClNO4S.